The zero-order valence-electron chi connectivity index (χ0n) is 75.9. The van der Waals surface area contributed by atoms with Crippen LogP contribution >= 0.6 is 22.7 Å². The fourth-order valence-electron chi connectivity index (χ4n) is 16.9. The molecule has 702 valence electrons. The number of aromatic nitrogens is 4. The van der Waals surface area contributed by atoms with Gasteiger partial charge in [0.25, 0.3) is 0 Å². The van der Waals surface area contributed by atoms with Crippen LogP contribution in [0, 0.1) is 22.7 Å². The minimum Gasteiger partial charge on any atom is -0.497 e. The van der Waals surface area contributed by atoms with Crippen molar-refractivity contribution in [3.8, 4) is 45.8 Å². The molecule has 2 aliphatic carbocycles. The van der Waals surface area contributed by atoms with Gasteiger partial charge >= 0.3 is 24.1 Å². The number of ether oxygens (including phenoxy) is 6. The van der Waals surface area contributed by atoms with Crippen LogP contribution in [0.1, 0.15) is 172 Å². The summed E-state index contributed by atoms with van der Waals surface area (Å²) in [6.45, 7) is 20.4. The number of alkyl carbamates (subject to hydrolysis) is 2. The van der Waals surface area contributed by atoms with Gasteiger partial charge in [-0.05, 0) is 122 Å². The molecule has 2 saturated heterocycles. The second-order valence-corrected chi connectivity index (χ2v) is 43.2. The zero-order valence-corrected chi connectivity index (χ0v) is 79.2. The quantitative estimate of drug-likeness (QED) is 0.0260. The molecule has 7 aromatic rings. The molecule has 0 radical (unpaired) electrons. The molecule has 4 aromatic heterocycles. The lowest BCUT2D eigenvalue weighted by Gasteiger charge is -2.34. The van der Waals surface area contributed by atoms with Crippen molar-refractivity contribution in [1.82, 2.24) is 59.6 Å². The fraction of sp³-hybridized carbons (Fsp3) is 0.543. The lowest BCUT2D eigenvalue weighted by Crippen LogP contribution is -2.56. The molecule has 0 bridgehead atoms. The summed E-state index contributed by atoms with van der Waals surface area (Å²) >= 11 is 2.89. The Morgan fingerprint density at radius 2 is 1.06 bits per heavy atom. The van der Waals surface area contributed by atoms with E-state index >= 15 is 0 Å². The molecule has 12 atom stereocenters. The predicted octanol–water partition coefficient (Wildman–Crippen LogP) is 12.5. The SMILES string of the molecule is CCS(=O)(=O)N(C)C[C@@H](OC(=O)N[C@H]1CCCCC/C=C\C2C[C@@]2(C(=O)O)NC(=O)[C@@H]2C[C@@H](Oc3cc(-c4csc(NC(C)C)n4)nc4cc(OC)ccc34)CN2C1=O)C(C)(C)C.COc1ccc2c(O[C@@H]3C[C@H]4C(=O)N[C@]5(C(=O)O)CC5/C=C\CCCCC[C@H](NC(=O)O[C@H](CN5Cc6ccccc6S5(=O)=O)C(C)(C)C)C(=O)N4C3)cc(-c3csc(NC(C)C)n3)nc2c1. The van der Waals surface area contributed by atoms with Crippen molar-refractivity contribution in [2.24, 2.45) is 22.7 Å². The van der Waals surface area contributed by atoms with E-state index in [0.717, 1.165) is 27.4 Å². The van der Waals surface area contributed by atoms with Crippen molar-refractivity contribution in [2.75, 3.05) is 63.8 Å². The van der Waals surface area contributed by atoms with Gasteiger partial charge in [-0.15, -0.1) is 22.7 Å². The molecular weight excluding hydrogens is 1750 g/mol. The number of hydrogen-bond donors (Lipinski definition) is 8. The number of carbonyl (C=O) groups excluding carboxylic acids is 6. The summed E-state index contributed by atoms with van der Waals surface area (Å²) in [5.41, 5.74) is -0.338. The Morgan fingerprint density at radius 3 is 1.48 bits per heavy atom. The highest BCUT2D eigenvalue weighted by Crippen LogP contribution is 2.48. The van der Waals surface area contributed by atoms with Gasteiger partial charge in [-0.1, -0.05) is 110 Å². The Hall–Kier alpha value is -10.8. The van der Waals surface area contributed by atoms with E-state index in [9.17, 15) is 65.4 Å². The number of benzene rings is 3. The van der Waals surface area contributed by atoms with E-state index in [1.54, 1.807) is 74.9 Å². The number of thiazole rings is 2. The first-order valence-corrected chi connectivity index (χ1v) is 49.2. The van der Waals surface area contributed by atoms with Crippen LogP contribution < -0.4 is 50.8 Å². The molecule has 9 heterocycles. The highest BCUT2D eigenvalue weighted by molar-refractivity contribution is 7.89. The van der Waals surface area contributed by atoms with E-state index in [2.05, 4.69) is 31.9 Å². The summed E-state index contributed by atoms with van der Waals surface area (Å²) in [4.78, 5) is 134. The first kappa shape index (κ1) is 96.7. The van der Waals surface area contributed by atoms with Gasteiger partial charge in [0.05, 0.1) is 73.5 Å². The number of rotatable bonds is 24. The van der Waals surface area contributed by atoms with Crippen LogP contribution in [-0.2, 0) is 64.8 Å². The Balaban J connectivity index is 0.000000222. The van der Waals surface area contributed by atoms with E-state index in [0.29, 0.717) is 112 Å². The molecule has 8 N–H and O–H groups in total. The van der Waals surface area contributed by atoms with Gasteiger partial charge < -0.3 is 80.3 Å². The van der Waals surface area contributed by atoms with Gasteiger partial charge in [0.1, 0.15) is 94.0 Å². The molecule has 14 rings (SSSR count). The van der Waals surface area contributed by atoms with E-state index in [4.69, 9.17) is 48.4 Å². The Morgan fingerprint density at radius 1 is 0.615 bits per heavy atom. The van der Waals surface area contributed by atoms with Crippen LogP contribution in [0.15, 0.2) is 113 Å². The Bertz CT molecular complexity index is 5680. The number of anilines is 2. The molecule has 130 heavy (non-hydrogen) atoms. The topological polar surface area (TPSA) is 437 Å². The van der Waals surface area contributed by atoms with Crippen LogP contribution in [0.2, 0.25) is 0 Å². The maximum absolute atomic E-state index is 15.0. The second-order valence-electron chi connectivity index (χ2n) is 37.2. The van der Waals surface area contributed by atoms with E-state index in [1.165, 1.54) is 50.8 Å². The molecule has 4 fully saturated rings. The van der Waals surface area contributed by atoms with Gasteiger partial charge in [0.2, 0.25) is 43.7 Å². The van der Waals surface area contributed by atoms with Gasteiger partial charge in [-0.2, -0.15) is 4.31 Å². The van der Waals surface area contributed by atoms with E-state index in [1.807, 2.05) is 116 Å². The van der Waals surface area contributed by atoms with Crippen molar-refractivity contribution in [3.05, 3.63) is 113 Å². The second kappa shape index (κ2) is 40.1. The van der Waals surface area contributed by atoms with Gasteiger partial charge in [0, 0.05) is 107 Å². The third-order valence-corrected chi connectivity index (χ3v) is 30.0. The fourth-order valence-corrected chi connectivity index (χ4v) is 21.1. The van der Waals surface area contributed by atoms with Gasteiger partial charge in [-0.3, -0.25) is 19.2 Å². The van der Waals surface area contributed by atoms with Crippen molar-refractivity contribution >= 4 is 123 Å². The standard InChI is InChI=1S/C48H59N7O10S2.C44H61N7O10S2/c1-28(2)49-45-51-37(27-66-45)36-22-39(33-19-18-31(63-6)20-35(33)50-36)64-32-21-38-42(56)53-48(44(58)59)23-30(48)15-10-8-7-9-11-16-34(43(57)55(38)25-32)52-46(60)65-41(47(3,4)5)26-54-24-29-14-12-13-17-40(29)67(54,61)62;1-9-63(57,58)50(7)24-37(43(4,5)6)61-42(56)48-31-16-14-12-10-11-13-15-27-22-44(27,40(54)55)49-38(52)35-20-29(23-51(35)39(31)53)60-36-21-33(34-25-62-41(47-34)45-26(2)3)46-32-19-28(59-8)17-18-30(32)36/h10,12-15,17-20,22,27-28,30,32,34,38,41H,7-9,11,16,21,23-26H2,1-6H3,(H,49,51)(H,52,60)(H,53,56)(H,58,59);13,15,17-19,21,25-27,29,31,35,37H,9-12,14,16,20,22-24H2,1-8H3,(H,45,47)(H,48,56)(H,49,52)(H,54,55)/b15-10-;15-13-/t30?,32-,34+,38+,41-,48-;27?,29-,31+,35+,37-,44-/m11/s1. The van der Waals surface area contributed by atoms with E-state index < -0.39 is 150 Å². The summed E-state index contributed by atoms with van der Waals surface area (Å²) in [6, 6.07) is 16.8. The summed E-state index contributed by atoms with van der Waals surface area (Å²) < 4.78 is 91.3. The lowest BCUT2D eigenvalue weighted by atomic mass is 9.89. The van der Waals surface area contributed by atoms with Crippen LogP contribution in [-0.4, -0.2) is 238 Å². The highest BCUT2D eigenvalue weighted by Gasteiger charge is 2.63. The molecule has 3 aromatic carbocycles. The highest BCUT2D eigenvalue weighted by atomic mass is 32.2. The molecule has 5 aliphatic heterocycles. The zero-order chi connectivity index (χ0) is 93.7. The number of carbonyl (C=O) groups is 8. The monoisotopic (exact) mass is 1870 g/mol. The smallest absolute Gasteiger partial charge is 0.408 e. The third-order valence-electron chi connectivity index (χ3n) is 24.7. The number of carboxylic acid groups (broad SMARTS) is 2. The number of sulfonamides is 2. The normalized spacial score (nSPS) is 24.8. The maximum atomic E-state index is 15.0. The summed E-state index contributed by atoms with van der Waals surface area (Å²) in [5, 5.41) is 45.1. The number of likely N-dealkylation sites (N-methyl/N-ethyl adjacent to an activating group) is 1. The predicted molar refractivity (Wildman–Crippen MR) is 492 cm³/mol. The van der Waals surface area contributed by atoms with Crippen LogP contribution in [0.3, 0.4) is 0 Å². The average molecular weight is 1870 g/mol. The number of pyridine rings is 2. The minimum absolute atomic E-state index is 0.0121. The molecule has 0 spiro atoms. The van der Waals surface area contributed by atoms with Crippen LogP contribution in [0.25, 0.3) is 44.6 Å². The number of hydrogen-bond acceptors (Lipinski definition) is 26. The van der Waals surface area contributed by atoms with Crippen molar-refractivity contribution in [1.29, 1.82) is 0 Å². The third kappa shape index (κ3) is 22.5. The average Bonchev–Trinajstić information content (AvgIpc) is 1.58. The molecule has 38 heteroatoms. The molecular formula is C92H120N14O20S4. The van der Waals surface area contributed by atoms with Crippen molar-refractivity contribution < 1.29 is 93.8 Å². The number of amides is 6. The largest absolute Gasteiger partial charge is 0.497 e. The number of methoxy groups -OCH3 is 2. The number of allylic oxidation sites excluding steroid dienone is 2. The first-order chi connectivity index (χ1) is 61.6. The van der Waals surface area contributed by atoms with Gasteiger partial charge in [-0.25, -0.2) is 60.3 Å². The number of aliphatic carboxylic acids is 2. The summed E-state index contributed by atoms with van der Waals surface area (Å²) in [5.74, 6) is -3.66. The number of nitrogens with zero attached hydrogens (tertiary/aromatic N) is 8. The lowest BCUT2D eigenvalue weighted by molar-refractivity contribution is -0.146. The molecule has 2 unspecified atom stereocenters. The molecule has 34 nitrogen and oxygen atoms in total. The van der Waals surface area contributed by atoms with Gasteiger partial charge in [0.15, 0.2) is 10.3 Å². The molecule has 2 saturated carbocycles. The van der Waals surface area contributed by atoms with Crippen molar-refractivity contribution in [3.63, 3.8) is 0 Å². The van der Waals surface area contributed by atoms with Crippen LogP contribution in [0.4, 0.5) is 19.9 Å². The summed E-state index contributed by atoms with van der Waals surface area (Å²) in [6.07, 6.45) is 8.74. The van der Waals surface area contributed by atoms with Crippen LogP contribution in [0.5, 0.6) is 23.0 Å². The maximum Gasteiger partial charge on any atom is 0.408 e. The number of nitrogens with one attached hydrogen (secondary N) is 6. The summed E-state index contributed by atoms with van der Waals surface area (Å²) in [7, 11) is -2.87. The Labute approximate surface area is 766 Å². The number of carboxylic acids is 2. The number of fused-ring (bicyclic) bond motifs is 7. The minimum atomic E-state index is -3.84. The van der Waals surface area contributed by atoms with Crippen molar-refractivity contribution in [2.45, 2.75) is 249 Å². The molecule has 6 amide bonds. The Kier molecular flexibility index (Phi) is 29.8. The van der Waals surface area contributed by atoms with E-state index in [-0.39, 0.29) is 94.0 Å². The molecule has 7 aliphatic rings. The first-order valence-electron chi connectivity index (χ1n) is 44.4.